The molecule has 7 heteroatoms. The Morgan fingerprint density at radius 2 is 2.00 bits per heavy atom. The topological polar surface area (TPSA) is 86.5 Å². The Bertz CT molecular complexity index is 1080. The van der Waals surface area contributed by atoms with E-state index in [1.54, 1.807) is 0 Å². The second-order valence-corrected chi connectivity index (χ2v) is 8.22. The summed E-state index contributed by atoms with van der Waals surface area (Å²) >= 11 is 1.37. The van der Waals surface area contributed by atoms with Gasteiger partial charge in [0.2, 0.25) is 6.79 Å². The molecule has 0 spiro atoms. The van der Waals surface area contributed by atoms with Gasteiger partial charge >= 0.3 is 0 Å². The standard InChI is InChI=1S/C21H21N3O3S/c22-18-14-9-13-4-2-1-3-5-15(13)24-21(14)28-19(18)20(25)23-10-12-6-7-16-17(8-12)27-11-26-16/h6-9H,1-5,10-11,22H2,(H,23,25). The van der Waals surface area contributed by atoms with Crippen molar-refractivity contribution < 1.29 is 14.3 Å². The quantitative estimate of drug-likeness (QED) is 0.659. The summed E-state index contributed by atoms with van der Waals surface area (Å²) in [5.41, 5.74) is 10.2. The largest absolute Gasteiger partial charge is 0.454 e. The Kier molecular flexibility index (Phi) is 4.31. The van der Waals surface area contributed by atoms with Crippen molar-refractivity contribution in [3.63, 3.8) is 0 Å². The number of hydrogen-bond acceptors (Lipinski definition) is 6. The molecule has 144 valence electrons. The molecule has 0 fully saturated rings. The average molecular weight is 395 g/mol. The molecule has 0 bridgehead atoms. The number of amides is 1. The zero-order valence-electron chi connectivity index (χ0n) is 15.4. The lowest BCUT2D eigenvalue weighted by atomic mass is 10.1. The van der Waals surface area contributed by atoms with Gasteiger partial charge in [-0.1, -0.05) is 12.5 Å². The highest BCUT2D eigenvalue weighted by molar-refractivity contribution is 7.21. The number of nitrogens with one attached hydrogen (secondary N) is 1. The van der Waals surface area contributed by atoms with Crippen molar-refractivity contribution in [1.82, 2.24) is 10.3 Å². The summed E-state index contributed by atoms with van der Waals surface area (Å²) in [6, 6.07) is 7.80. The third-order valence-corrected chi connectivity index (χ3v) is 6.46. The van der Waals surface area contributed by atoms with E-state index < -0.39 is 0 Å². The molecule has 0 saturated carbocycles. The third kappa shape index (κ3) is 3.05. The Labute approximate surface area is 166 Å². The third-order valence-electron chi connectivity index (χ3n) is 5.35. The second-order valence-electron chi connectivity index (χ2n) is 7.22. The van der Waals surface area contributed by atoms with Gasteiger partial charge in [-0.3, -0.25) is 4.79 Å². The summed E-state index contributed by atoms with van der Waals surface area (Å²) in [7, 11) is 0. The Morgan fingerprint density at radius 3 is 2.93 bits per heavy atom. The number of carbonyl (C=O) groups excluding carboxylic acids is 1. The number of ether oxygens (including phenoxy) is 2. The second kappa shape index (κ2) is 6.98. The lowest BCUT2D eigenvalue weighted by molar-refractivity contribution is 0.0955. The first-order chi connectivity index (χ1) is 13.7. The summed E-state index contributed by atoms with van der Waals surface area (Å²) in [5, 5.41) is 3.86. The molecule has 6 nitrogen and oxygen atoms in total. The fourth-order valence-corrected chi connectivity index (χ4v) is 4.83. The molecule has 5 rings (SSSR count). The van der Waals surface area contributed by atoms with Crippen LogP contribution in [0.25, 0.3) is 10.2 Å². The summed E-state index contributed by atoms with van der Waals surface area (Å²) in [5.74, 6) is 1.27. The van der Waals surface area contributed by atoms with Gasteiger partial charge in [0, 0.05) is 17.6 Å². The number of carbonyl (C=O) groups is 1. The number of fused-ring (bicyclic) bond motifs is 3. The maximum Gasteiger partial charge on any atom is 0.263 e. The number of nitrogen functional groups attached to an aromatic ring is 1. The molecular formula is C21H21N3O3S. The highest BCUT2D eigenvalue weighted by atomic mass is 32.1. The fraction of sp³-hybridized carbons (Fsp3) is 0.333. The van der Waals surface area contributed by atoms with Gasteiger partial charge < -0.3 is 20.5 Å². The lowest BCUT2D eigenvalue weighted by Gasteiger charge is -2.06. The average Bonchev–Trinajstić information content (AvgIpc) is 3.21. The number of pyridine rings is 1. The zero-order chi connectivity index (χ0) is 19.1. The molecule has 3 aromatic rings. The molecule has 1 amide bonds. The molecule has 3 N–H and O–H groups in total. The number of benzene rings is 1. The molecular weight excluding hydrogens is 374 g/mol. The Hall–Kier alpha value is -2.80. The van der Waals surface area contributed by atoms with Gasteiger partial charge in [0.25, 0.3) is 5.91 Å². The minimum absolute atomic E-state index is 0.173. The zero-order valence-corrected chi connectivity index (χ0v) is 16.2. The van der Waals surface area contributed by atoms with Gasteiger partial charge in [0.05, 0.1) is 5.69 Å². The summed E-state index contributed by atoms with van der Waals surface area (Å²) in [6.07, 6.45) is 5.66. The molecule has 1 aromatic carbocycles. The van der Waals surface area contributed by atoms with Crippen LogP contribution in [0.3, 0.4) is 0 Å². The number of aromatic nitrogens is 1. The van der Waals surface area contributed by atoms with E-state index in [0.29, 0.717) is 22.9 Å². The number of nitrogens with zero attached hydrogens (tertiary/aromatic N) is 1. The van der Waals surface area contributed by atoms with Crippen molar-refractivity contribution in [3.8, 4) is 11.5 Å². The molecule has 3 heterocycles. The van der Waals surface area contributed by atoms with E-state index in [0.717, 1.165) is 34.4 Å². The number of aryl methyl sites for hydroxylation is 2. The number of anilines is 1. The Balaban J connectivity index is 1.38. The first-order valence-electron chi connectivity index (χ1n) is 9.56. The highest BCUT2D eigenvalue weighted by Crippen LogP contribution is 2.35. The predicted octanol–water partition coefficient (Wildman–Crippen LogP) is 3.81. The van der Waals surface area contributed by atoms with Crippen LogP contribution in [0.5, 0.6) is 11.5 Å². The van der Waals surface area contributed by atoms with Crippen molar-refractivity contribution in [3.05, 3.63) is 46.0 Å². The van der Waals surface area contributed by atoms with Crippen LogP contribution >= 0.6 is 11.3 Å². The predicted molar refractivity (Wildman–Crippen MR) is 109 cm³/mol. The van der Waals surface area contributed by atoms with Crippen LogP contribution in [-0.2, 0) is 19.4 Å². The van der Waals surface area contributed by atoms with Crippen LogP contribution in [0.4, 0.5) is 5.69 Å². The van der Waals surface area contributed by atoms with Gasteiger partial charge in [0.15, 0.2) is 11.5 Å². The monoisotopic (exact) mass is 395 g/mol. The minimum atomic E-state index is -0.173. The van der Waals surface area contributed by atoms with Crippen LogP contribution in [0.1, 0.15) is 45.8 Å². The van der Waals surface area contributed by atoms with Gasteiger partial charge in [-0.05, 0) is 55.0 Å². The van der Waals surface area contributed by atoms with E-state index in [2.05, 4.69) is 11.4 Å². The van der Waals surface area contributed by atoms with Crippen LogP contribution in [0, 0.1) is 0 Å². The molecule has 0 unspecified atom stereocenters. The maximum absolute atomic E-state index is 12.8. The van der Waals surface area contributed by atoms with E-state index in [9.17, 15) is 4.79 Å². The first-order valence-corrected chi connectivity index (χ1v) is 10.4. The molecule has 2 aliphatic rings. The van der Waals surface area contributed by atoms with Crippen LogP contribution in [0.2, 0.25) is 0 Å². The smallest absolute Gasteiger partial charge is 0.263 e. The van der Waals surface area contributed by atoms with E-state index >= 15 is 0 Å². The number of thiophene rings is 1. The van der Waals surface area contributed by atoms with Gasteiger partial charge in [0.1, 0.15) is 9.71 Å². The van der Waals surface area contributed by atoms with Crippen molar-refractivity contribution in [2.45, 2.75) is 38.6 Å². The van der Waals surface area contributed by atoms with E-state index in [1.165, 1.54) is 41.9 Å². The van der Waals surface area contributed by atoms with E-state index in [1.807, 2.05) is 18.2 Å². The molecule has 2 aromatic heterocycles. The summed E-state index contributed by atoms with van der Waals surface area (Å²) < 4.78 is 10.7. The fourth-order valence-electron chi connectivity index (χ4n) is 3.82. The number of hydrogen-bond donors (Lipinski definition) is 2. The van der Waals surface area contributed by atoms with E-state index in [-0.39, 0.29) is 12.7 Å². The number of nitrogens with two attached hydrogens (primary N) is 1. The summed E-state index contributed by atoms with van der Waals surface area (Å²) in [4.78, 5) is 19.0. The molecule has 1 aliphatic heterocycles. The molecule has 1 aliphatic carbocycles. The van der Waals surface area contributed by atoms with Crippen LogP contribution < -0.4 is 20.5 Å². The Morgan fingerprint density at radius 1 is 1.14 bits per heavy atom. The first kappa shape index (κ1) is 17.3. The molecule has 0 radical (unpaired) electrons. The van der Waals surface area contributed by atoms with Crippen LogP contribution in [-0.4, -0.2) is 17.7 Å². The maximum atomic E-state index is 12.8. The van der Waals surface area contributed by atoms with Gasteiger partial charge in [-0.25, -0.2) is 4.98 Å². The van der Waals surface area contributed by atoms with Crippen molar-refractivity contribution in [1.29, 1.82) is 0 Å². The van der Waals surface area contributed by atoms with Crippen molar-refractivity contribution in [2.75, 3.05) is 12.5 Å². The van der Waals surface area contributed by atoms with Crippen molar-refractivity contribution >= 4 is 33.1 Å². The SMILES string of the molecule is Nc1c(C(=O)NCc2ccc3c(c2)OCO3)sc2nc3c(cc12)CCCCC3. The lowest BCUT2D eigenvalue weighted by Crippen LogP contribution is -2.22. The van der Waals surface area contributed by atoms with Gasteiger partial charge in [-0.15, -0.1) is 11.3 Å². The number of rotatable bonds is 3. The van der Waals surface area contributed by atoms with Gasteiger partial charge in [-0.2, -0.15) is 0 Å². The highest BCUT2D eigenvalue weighted by Gasteiger charge is 2.20. The molecule has 0 saturated heterocycles. The molecule has 28 heavy (non-hydrogen) atoms. The van der Waals surface area contributed by atoms with E-state index in [4.69, 9.17) is 20.2 Å². The summed E-state index contributed by atoms with van der Waals surface area (Å²) in [6.45, 7) is 0.632. The van der Waals surface area contributed by atoms with Crippen molar-refractivity contribution in [2.24, 2.45) is 0 Å². The normalized spacial score (nSPS) is 15.3. The molecule has 0 atom stereocenters. The minimum Gasteiger partial charge on any atom is -0.454 e. The van der Waals surface area contributed by atoms with Crippen LogP contribution in [0.15, 0.2) is 24.3 Å².